The Bertz CT molecular complexity index is 1470. The number of pyridine rings is 1. The number of aromatic nitrogens is 3. The van der Waals surface area contributed by atoms with E-state index in [0.29, 0.717) is 36.2 Å². The second kappa shape index (κ2) is 10.4. The minimum Gasteiger partial charge on any atom is -0.480 e. The second-order valence-corrected chi connectivity index (χ2v) is 16.5. The number of fused-ring (bicyclic) bond motifs is 1. The lowest BCUT2D eigenvalue weighted by Gasteiger charge is -2.39. The lowest BCUT2D eigenvalue weighted by molar-refractivity contribution is -0.137. The molecule has 0 amide bonds. The maximum Gasteiger partial charge on any atom is 0.417 e. The Hall–Kier alpha value is -3.69. The number of hydrogen-bond acceptors (Lipinski definition) is 8. The molecule has 0 unspecified atom stereocenters. The van der Waals surface area contributed by atoms with E-state index >= 15 is 0 Å². The minimum atomic E-state index is -4.58. The topological polar surface area (TPSA) is 105 Å². The summed E-state index contributed by atoms with van der Waals surface area (Å²) in [5.41, 5.74) is 2.04. The summed E-state index contributed by atoms with van der Waals surface area (Å²) in [6.45, 7) is 14.2. The first-order chi connectivity index (χ1) is 18.6. The van der Waals surface area contributed by atoms with Crippen molar-refractivity contribution in [2.75, 3.05) is 30.9 Å². The minimum absolute atomic E-state index is 0.0271. The van der Waals surface area contributed by atoms with Crippen LogP contribution in [-0.4, -0.2) is 43.5 Å². The van der Waals surface area contributed by atoms with Crippen molar-refractivity contribution < 1.29 is 22.3 Å². The number of hydrogen-bond donors (Lipinski definition) is 2. The third kappa shape index (κ3) is 5.76. The van der Waals surface area contributed by atoms with Crippen molar-refractivity contribution in [1.29, 1.82) is 5.26 Å². The summed E-state index contributed by atoms with van der Waals surface area (Å²) in [7, 11) is -0.705. The zero-order valence-corrected chi connectivity index (χ0v) is 24.6. The van der Waals surface area contributed by atoms with Gasteiger partial charge in [0.05, 0.1) is 29.6 Å². The Labute approximate surface area is 233 Å². The van der Waals surface area contributed by atoms with E-state index in [9.17, 15) is 18.4 Å². The lowest BCUT2D eigenvalue weighted by atomic mass is 9.83. The molecule has 0 spiro atoms. The van der Waals surface area contributed by atoms with Gasteiger partial charge in [0.25, 0.3) is 0 Å². The molecule has 0 radical (unpaired) electrons. The first kappa shape index (κ1) is 29.3. The van der Waals surface area contributed by atoms with Gasteiger partial charge in [0, 0.05) is 36.5 Å². The molecular formula is C28H33F3N6O2Si. The third-order valence-corrected chi connectivity index (χ3v) is 12.2. The molecule has 3 aromatic rings. The number of rotatable bonds is 7. The van der Waals surface area contributed by atoms with Crippen molar-refractivity contribution in [3.8, 4) is 23.2 Å². The van der Waals surface area contributed by atoms with Crippen molar-refractivity contribution in [1.82, 2.24) is 15.0 Å². The summed E-state index contributed by atoms with van der Waals surface area (Å²) in [6.07, 6.45) is -2.38. The Balaban J connectivity index is 1.69. The van der Waals surface area contributed by atoms with Gasteiger partial charge in [-0.25, -0.2) is 15.0 Å². The highest BCUT2D eigenvalue weighted by atomic mass is 28.4. The zero-order chi connectivity index (χ0) is 29.5. The van der Waals surface area contributed by atoms with Crippen LogP contribution in [0.4, 0.5) is 30.5 Å². The van der Waals surface area contributed by atoms with E-state index in [0.717, 1.165) is 17.3 Å². The SMILES string of the molecule is COc1ncc(C(F)(F)F)cc1Nc1nccc(-c2cc(C#N)c3c(c2)[C@@](C)(CO[Si](C)(C)C(C)(C)C)CN3)n1. The summed E-state index contributed by atoms with van der Waals surface area (Å²) in [5, 5.41) is 16.2. The molecule has 1 atom stereocenters. The molecule has 0 aliphatic carbocycles. The van der Waals surface area contributed by atoms with E-state index in [1.807, 2.05) is 6.07 Å². The van der Waals surface area contributed by atoms with E-state index in [2.05, 4.69) is 72.4 Å². The highest BCUT2D eigenvalue weighted by Gasteiger charge is 2.42. The molecule has 12 heteroatoms. The molecule has 212 valence electrons. The van der Waals surface area contributed by atoms with Crippen LogP contribution in [0.1, 0.15) is 44.4 Å². The molecule has 2 aromatic heterocycles. The van der Waals surface area contributed by atoms with Crippen molar-refractivity contribution >= 4 is 25.6 Å². The molecule has 4 rings (SSSR count). The van der Waals surface area contributed by atoms with E-state index in [1.54, 1.807) is 12.1 Å². The van der Waals surface area contributed by atoms with Crippen LogP contribution < -0.4 is 15.4 Å². The Kier molecular flexibility index (Phi) is 7.59. The van der Waals surface area contributed by atoms with Crippen LogP contribution in [0, 0.1) is 11.3 Å². The van der Waals surface area contributed by atoms with Crippen LogP contribution in [0.3, 0.4) is 0 Å². The normalized spacial score (nSPS) is 17.1. The van der Waals surface area contributed by atoms with Crippen LogP contribution in [0.25, 0.3) is 11.3 Å². The van der Waals surface area contributed by atoms with Gasteiger partial charge in [-0.2, -0.15) is 18.4 Å². The van der Waals surface area contributed by atoms with Gasteiger partial charge in [-0.05, 0) is 48.0 Å². The standard InChI is InChI=1S/C28H33F3N6O2Si/c1-26(2,3)40(6,7)39-16-27(4)15-35-23-18(13-32)10-17(11-20(23)27)21-8-9-33-25(36-21)37-22-12-19(28(29,30)31)14-34-24(22)38-5/h8-12,14,35H,15-16H2,1-7H3,(H,33,36,37)/t27-/m1/s1. The molecule has 2 N–H and O–H groups in total. The van der Waals surface area contributed by atoms with Crippen LogP contribution in [0.2, 0.25) is 18.1 Å². The Morgan fingerprint density at radius 1 is 1.18 bits per heavy atom. The highest BCUT2D eigenvalue weighted by Crippen LogP contribution is 2.44. The average Bonchev–Trinajstić information content (AvgIpc) is 3.23. The predicted molar refractivity (Wildman–Crippen MR) is 150 cm³/mol. The van der Waals surface area contributed by atoms with Gasteiger partial charge in [-0.1, -0.05) is 27.7 Å². The molecular weight excluding hydrogens is 537 g/mol. The number of benzene rings is 1. The smallest absolute Gasteiger partial charge is 0.417 e. The summed E-state index contributed by atoms with van der Waals surface area (Å²) < 4.78 is 51.5. The van der Waals surface area contributed by atoms with E-state index in [-0.39, 0.29) is 28.0 Å². The molecule has 3 heterocycles. The predicted octanol–water partition coefficient (Wildman–Crippen LogP) is 6.89. The van der Waals surface area contributed by atoms with Gasteiger partial charge >= 0.3 is 6.18 Å². The summed E-state index contributed by atoms with van der Waals surface area (Å²) >= 11 is 0. The first-order valence-electron chi connectivity index (χ1n) is 12.8. The number of nitrogens with zero attached hydrogens (tertiary/aromatic N) is 4. The number of alkyl halides is 3. The number of nitrogens with one attached hydrogen (secondary N) is 2. The highest BCUT2D eigenvalue weighted by molar-refractivity contribution is 6.74. The number of nitriles is 1. The fourth-order valence-corrected chi connectivity index (χ4v) is 5.28. The number of methoxy groups -OCH3 is 1. The van der Waals surface area contributed by atoms with Crippen LogP contribution in [-0.2, 0) is 16.0 Å². The van der Waals surface area contributed by atoms with E-state index < -0.39 is 20.1 Å². The van der Waals surface area contributed by atoms with Crippen molar-refractivity contribution in [3.63, 3.8) is 0 Å². The lowest BCUT2D eigenvalue weighted by Crippen LogP contribution is -2.45. The van der Waals surface area contributed by atoms with Crippen LogP contribution >= 0.6 is 0 Å². The fourth-order valence-electron chi connectivity index (χ4n) is 4.17. The number of ether oxygens (including phenoxy) is 1. The van der Waals surface area contributed by atoms with Gasteiger partial charge in [0.2, 0.25) is 11.8 Å². The maximum atomic E-state index is 13.3. The van der Waals surface area contributed by atoms with Gasteiger partial charge in [0.1, 0.15) is 11.8 Å². The van der Waals surface area contributed by atoms with Crippen molar-refractivity contribution in [2.45, 2.75) is 57.4 Å². The van der Waals surface area contributed by atoms with Crippen LogP contribution in [0.15, 0.2) is 36.7 Å². The second-order valence-electron chi connectivity index (χ2n) is 11.7. The van der Waals surface area contributed by atoms with Crippen molar-refractivity contribution in [2.24, 2.45) is 0 Å². The Morgan fingerprint density at radius 2 is 1.90 bits per heavy atom. The fraction of sp³-hybridized carbons (Fsp3) is 0.429. The average molecular weight is 571 g/mol. The third-order valence-electron chi connectivity index (χ3n) is 7.69. The monoisotopic (exact) mass is 570 g/mol. The van der Waals surface area contributed by atoms with Gasteiger partial charge in [-0.15, -0.1) is 0 Å². The number of halogens is 3. The summed E-state index contributed by atoms with van der Waals surface area (Å²) in [6, 6.07) is 8.58. The van der Waals surface area contributed by atoms with E-state index in [4.69, 9.17) is 9.16 Å². The molecule has 0 saturated carbocycles. The largest absolute Gasteiger partial charge is 0.480 e. The van der Waals surface area contributed by atoms with Gasteiger partial charge in [0.15, 0.2) is 8.32 Å². The molecule has 1 aliphatic heterocycles. The molecule has 1 aliphatic rings. The molecule has 0 saturated heterocycles. The number of anilines is 3. The van der Waals surface area contributed by atoms with Crippen molar-refractivity contribution in [3.05, 3.63) is 53.3 Å². The molecule has 1 aromatic carbocycles. The maximum absolute atomic E-state index is 13.3. The molecule has 8 nitrogen and oxygen atoms in total. The molecule has 40 heavy (non-hydrogen) atoms. The molecule has 0 bridgehead atoms. The van der Waals surface area contributed by atoms with E-state index in [1.165, 1.54) is 13.3 Å². The first-order valence-corrected chi connectivity index (χ1v) is 15.7. The Morgan fingerprint density at radius 3 is 2.52 bits per heavy atom. The van der Waals surface area contributed by atoms with Gasteiger partial charge in [-0.3, -0.25) is 0 Å². The summed E-state index contributed by atoms with van der Waals surface area (Å²) in [4.78, 5) is 12.5. The van der Waals surface area contributed by atoms with Gasteiger partial charge < -0.3 is 19.8 Å². The quantitative estimate of drug-likeness (QED) is 0.296. The van der Waals surface area contributed by atoms with Crippen LogP contribution in [0.5, 0.6) is 5.88 Å². The molecule has 0 fully saturated rings. The summed E-state index contributed by atoms with van der Waals surface area (Å²) in [5.74, 6) is 0.0213. The zero-order valence-electron chi connectivity index (χ0n) is 23.6.